The lowest BCUT2D eigenvalue weighted by Crippen LogP contribution is -2.44. The van der Waals surface area contributed by atoms with Crippen LogP contribution in [0, 0.1) is 0 Å². The highest BCUT2D eigenvalue weighted by atomic mass is 79.9. The SMILES string of the molecule is CC1COCCN1c1cc(-c2ccnn2C)c2c(n1)c(Br)nn2C. The Morgan fingerprint density at radius 2 is 2.12 bits per heavy atom. The van der Waals surface area contributed by atoms with Gasteiger partial charge >= 0.3 is 0 Å². The summed E-state index contributed by atoms with van der Waals surface area (Å²) in [6.07, 6.45) is 1.81. The number of aryl methyl sites for hydroxylation is 2. The third-order valence-electron chi connectivity index (χ3n) is 4.49. The summed E-state index contributed by atoms with van der Waals surface area (Å²) >= 11 is 3.55. The predicted octanol–water partition coefficient (Wildman–Crippen LogP) is 2.36. The van der Waals surface area contributed by atoms with Crippen LogP contribution < -0.4 is 4.90 Å². The van der Waals surface area contributed by atoms with Crippen molar-refractivity contribution in [2.75, 3.05) is 24.7 Å². The van der Waals surface area contributed by atoms with Crippen molar-refractivity contribution in [2.45, 2.75) is 13.0 Å². The van der Waals surface area contributed by atoms with Crippen molar-refractivity contribution in [1.82, 2.24) is 24.5 Å². The predicted molar refractivity (Wildman–Crippen MR) is 96.0 cm³/mol. The van der Waals surface area contributed by atoms with Crippen molar-refractivity contribution in [1.29, 1.82) is 0 Å². The molecule has 1 unspecified atom stereocenters. The first-order valence-corrected chi connectivity index (χ1v) is 8.71. The van der Waals surface area contributed by atoms with Gasteiger partial charge in [-0.15, -0.1) is 0 Å². The molecule has 3 aromatic rings. The maximum atomic E-state index is 5.56. The number of pyridine rings is 1. The number of hydrogen-bond donors (Lipinski definition) is 0. The Kier molecular flexibility index (Phi) is 3.80. The van der Waals surface area contributed by atoms with Gasteiger partial charge in [-0.1, -0.05) is 0 Å². The van der Waals surface area contributed by atoms with Crippen LogP contribution in [-0.4, -0.2) is 50.3 Å². The molecule has 0 spiro atoms. The molecular formula is C16H19BrN6O. The molecule has 4 heterocycles. The molecule has 8 heteroatoms. The molecule has 3 aromatic heterocycles. The van der Waals surface area contributed by atoms with E-state index in [0.29, 0.717) is 6.04 Å². The molecule has 1 aliphatic heterocycles. The van der Waals surface area contributed by atoms with Crippen LogP contribution in [0.4, 0.5) is 5.82 Å². The summed E-state index contributed by atoms with van der Waals surface area (Å²) in [6, 6.07) is 4.44. The molecular weight excluding hydrogens is 372 g/mol. The lowest BCUT2D eigenvalue weighted by atomic mass is 10.1. The molecule has 0 radical (unpaired) electrons. The first-order valence-electron chi connectivity index (χ1n) is 7.92. The normalized spacial score (nSPS) is 18.5. The largest absolute Gasteiger partial charge is 0.377 e. The van der Waals surface area contributed by atoms with Gasteiger partial charge in [-0.2, -0.15) is 10.2 Å². The van der Waals surface area contributed by atoms with Crippen molar-refractivity contribution in [2.24, 2.45) is 14.1 Å². The molecule has 1 fully saturated rings. The standard InChI is InChI=1S/C16H19BrN6O/c1-10-9-24-7-6-23(10)13-8-11(12-4-5-18-21(12)2)15-14(19-13)16(17)20-22(15)3/h4-5,8,10H,6-7,9H2,1-3H3. The monoisotopic (exact) mass is 390 g/mol. The number of nitrogens with zero attached hydrogens (tertiary/aromatic N) is 6. The summed E-state index contributed by atoms with van der Waals surface area (Å²) in [5.74, 6) is 0.947. The first-order chi connectivity index (χ1) is 11.6. The van der Waals surface area contributed by atoms with Crippen molar-refractivity contribution < 1.29 is 4.74 Å². The summed E-state index contributed by atoms with van der Waals surface area (Å²) in [5, 5.41) is 8.81. The fourth-order valence-electron chi connectivity index (χ4n) is 3.27. The van der Waals surface area contributed by atoms with E-state index in [9.17, 15) is 0 Å². The van der Waals surface area contributed by atoms with Gasteiger partial charge in [0.15, 0.2) is 4.60 Å². The van der Waals surface area contributed by atoms with Crippen LogP contribution in [0.25, 0.3) is 22.3 Å². The van der Waals surface area contributed by atoms with Crippen molar-refractivity contribution in [3.8, 4) is 11.3 Å². The minimum Gasteiger partial charge on any atom is -0.377 e. The summed E-state index contributed by atoms with van der Waals surface area (Å²) < 4.78 is 10.1. The summed E-state index contributed by atoms with van der Waals surface area (Å²) in [4.78, 5) is 7.17. The number of hydrogen-bond acceptors (Lipinski definition) is 5. The van der Waals surface area contributed by atoms with Crippen LogP contribution in [0.5, 0.6) is 0 Å². The molecule has 1 atom stereocenters. The summed E-state index contributed by atoms with van der Waals surface area (Å²) in [5.41, 5.74) is 3.98. The van der Waals surface area contributed by atoms with Gasteiger partial charge in [0.05, 0.1) is 30.5 Å². The zero-order valence-corrected chi connectivity index (χ0v) is 15.5. The Hall–Kier alpha value is -1.93. The van der Waals surface area contributed by atoms with E-state index in [1.165, 1.54) is 0 Å². The molecule has 24 heavy (non-hydrogen) atoms. The van der Waals surface area contributed by atoms with E-state index in [1.54, 1.807) is 0 Å². The third kappa shape index (κ3) is 2.41. The maximum Gasteiger partial charge on any atom is 0.154 e. The van der Waals surface area contributed by atoms with Crippen molar-refractivity contribution in [3.05, 3.63) is 22.9 Å². The molecule has 0 aromatic carbocycles. The van der Waals surface area contributed by atoms with Crippen LogP contribution in [0.2, 0.25) is 0 Å². The zero-order chi connectivity index (χ0) is 16.8. The molecule has 0 saturated carbocycles. The van der Waals surface area contributed by atoms with E-state index >= 15 is 0 Å². The van der Waals surface area contributed by atoms with Gasteiger partial charge in [-0.05, 0) is 35.0 Å². The fourth-order valence-corrected chi connectivity index (χ4v) is 3.79. The number of halogens is 1. The summed E-state index contributed by atoms with van der Waals surface area (Å²) in [7, 11) is 3.88. The van der Waals surface area contributed by atoms with Gasteiger partial charge in [-0.25, -0.2) is 4.98 Å². The van der Waals surface area contributed by atoms with Crippen molar-refractivity contribution >= 4 is 32.8 Å². The van der Waals surface area contributed by atoms with Crippen LogP contribution in [-0.2, 0) is 18.8 Å². The first kappa shape index (κ1) is 15.6. The Morgan fingerprint density at radius 3 is 2.83 bits per heavy atom. The van der Waals surface area contributed by atoms with Crippen LogP contribution in [0.15, 0.2) is 22.9 Å². The Bertz CT molecular complexity index is 901. The minimum absolute atomic E-state index is 0.290. The molecule has 126 valence electrons. The van der Waals surface area contributed by atoms with E-state index in [1.807, 2.05) is 35.7 Å². The van der Waals surface area contributed by atoms with E-state index in [-0.39, 0.29) is 0 Å². The number of anilines is 1. The van der Waals surface area contributed by atoms with E-state index in [2.05, 4.69) is 44.0 Å². The molecule has 7 nitrogen and oxygen atoms in total. The molecule has 0 aliphatic carbocycles. The number of morpholine rings is 1. The molecule has 1 aliphatic rings. The Labute approximate surface area is 148 Å². The number of aromatic nitrogens is 5. The molecule has 4 rings (SSSR count). The topological polar surface area (TPSA) is 61.0 Å². The highest BCUT2D eigenvalue weighted by molar-refractivity contribution is 9.10. The second-order valence-electron chi connectivity index (χ2n) is 6.10. The average Bonchev–Trinajstić information content (AvgIpc) is 3.11. The molecule has 0 amide bonds. The number of ether oxygens (including phenoxy) is 1. The van der Waals surface area contributed by atoms with Gasteiger partial charge in [0, 0.05) is 32.4 Å². The van der Waals surface area contributed by atoms with E-state index in [4.69, 9.17) is 9.72 Å². The number of rotatable bonds is 2. The van der Waals surface area contributed by atoms with Crippen molar-refractivity contribution in [3.63, 3.8) is 0 Å². The summed E-state index contributed by atoms with van der Waals surface area (Å²) in [6.45, 7) is 4.43. The quantitative estimate of drug-likeness (QED) is 0.671. The lowest BCUT2D eigenvalue weighted by Gasteiger charge is -2.34. The Balaban J connectivity index is 1.97. The smallest absolute Gasteiger partial charge is 0.154 e. The van der Waals surface area contributed by atoms with Crippen LogP contribution in [0.3, 0.4) is 0 Å². The van der Waals surface area contributed by atoms with Gasteiger partial charge in [-0.3, -0.25) is 9.36 Å². The molecule has 1 saturated heterocycles. The Morgan fingerprint density at radius 1 is 1.29 bits per heavy atom. The van der Waals surface area contributed by atoms with Gasteiger partial charge in [0.25, 0.3) is 0 Å². The van der Waals surface area contributed by atoms with Crippen LogP contribution in [0.1, 0.15) is 6.92 Å². The maximum absolute atomic E-state index is 5.56. The molecule has 0 bridgehead atoms. The third-order valence-corrected chi connectivity index (χ3v) is 5.03. The van der Waals surface area contributed by atoms with Gasteiger partial charge < -0.3 is 9.64 Å². The van der Waals surface area contributed by atoms with Gasteiger partial charge in [0.1, 0.15) is 11.3 Å². The van der Waals surface area contributed by atoms with Crippen LogP contribution >= 0.6 is 15.9 Å². The zero-order valence-electron chi connectivity index (χ0n) is 13.9. The minimum atomic E-state index is 0.290. The highest BCUT2D eigenvalue weighted by Crippen LogP contribution is 2.34. The van der Waals surface area contributed by atoms with E-state index in [0.717, 1.165) is 52.5 Å². The number of fused-ring (bicyclic) bond motifs is 1. The molecule has 0 N–H and O–H groups in total. The lowest BCUT2D eigenvalue weighted by molar-refractivity contribution is 0.0986. The van der Waals surface area contributed by atoms with Gasteiger partial charge in [0.2, 0.25) is 0 Å². The fraction of sp³-hybridized carbons (Fsp3) is 0.438. The second-order valence-corrected chi connectivity index (χ2v) is 6.85. The second kappa shape index (κ2) is 5.86. The highest BCUT2D eigenvalue weighted by Gasteiger charge is 2.24. The van der Waals surface area contributed by atoms with E-state index < -0.39 is 0 Å². The average molecular weight is 391 g/mol.